The molecular formula is C20H21N5OS. The largest absolute Gasteiger partial charge is 0.352 e. The molecule has 6 nitrogen and oxygen atoms in total. The fraction of sp³-hybridized carbons (Fsp3) is 0.300. The zero-order chi connectivity index (χ0) is 18.8. The first-order valence-corrected chi connectivity index (χ1v) is 9.86. The van der Waals surface area contributed by atoms with Crippen molar-refractivity contribution in [2.75, 3.05) is 31.1 Å². The second-order valence-electron chi connectivity index (χ2n) is 6.62. The van der Waals surface area contributed by atoms with Crippen molar-refractivity contribution in [2.45, 2.75) is 13.8 Å². The number of thiazole rings is 1. The minimum Gasteiger partial charge on any atom is -0.352 e. The van der Waals surface area contributed by atoms with E-state index in [9.17, 15) is 4.79 Å². The highest BCUT2D eigenvalue weighted by molar-refractivity contribution is 7.09. The maximum atomic E-state index is 12.5. The lowest BCUT2D eigenvalue weighted by molar-refractivity contribution is 0.0741. The minimum atomic E-state index is 0.0139. The predicted octanol–water partition coefficient (Wildman–Crippen LogP) is 3.18. The number of benzene rings is 1. The van der Waals surface area contributed by atoms with E-state index in [0.29, 0.717) is 18.8 Å². The lowest BCUT2D eigenvalue weighted by Crippen LogP contribution is -2.49. The van der Waals surface area contributed by atoms with E-state index in [2.05, 4.69) is 39.1 Å². The summed E-state index contributed by atoms with van der Waals surface area (Å²) in [6, 6.07) is 12.2. The smallest absolute Gasteiger partial charge is 0.273 e. The van der Waals surface area contributed by atoms with Crippen LogP contribution in [-0.4, -0.2) is 52.2 Å². The van der Waals surface area contributed by atoms with E-state index in [1.54, 1.807) is 0 Å². The third kappa shape index (κ3) is 3.68. The van der Waals surface area contributed by atoms with E-state index < -0.39 is 0 Å². The van der Waals surface area contributed by atoms with Crippen molar-refractivity contribution in [3.63, 3.8) is 0 Å². The summed E-state index contributed by atoms with van der Waals surface area (Å²) in [7, 11) is 0. The van der Waals surface area contributed by atoms with Crippen molar-refractivity contribution in [3.05, 3.63) is 58.0 Å². The maximum absolute atomic E-state index is 12.5. The van der Waals surface area contributed by atoms with Crippen LogP contribution in [-0.2, 0) is 0 Å². The summed E-state index contributed by atoms with van der Waals surface area (Å²) in [5.41, 5.74) is 3.72. The Hall–Kier alpha value is -2.80. The average molecular weight is 379 g/mol. The Labute approximate surface area is 162 Å². The minimum absolute atomic E-state index is 0.0139. The number of amides is 1. The number of carbonyl (C=O) groups is 1. The molecule has 1 aromatic carbocycles. The van der Waals surface area contributed by atoms with Gasteiger partial charge in [0.25, 0.3) is 5.91 Å². The molecule has 7 heteroatoms. The first-order chi connectivity index (χ1) is 13.1. The van der Waals surface area contributed by atoms with Crippen molar-refractivity contribution in [3.8, 4) is 11.3 Å². The van der Waals surface area contributed by atoms with E-state index in [4.69, 9.17) is 0 Å². The zero-order valence-electron chi connectivity index (χ0n) is 15.4. The standard InChI is InChI=1S/C20H21N5OS/c1-14-5-3-4-6-16(14)17-7-8-19(23-22-17)24-9-11-25(12-10-24)20(26)18-13-27-15(2)21-18/h3-8,13H,9-12H2,1-2H3. The third-order valence-electron chi connectivity index (χ3n) is 4.80. The summed E-state index contributed by atoms with van der Waals surface area (Å²) in [6.45, 7) is 6.80. The molecule has 0 aliphatic carbocycles. The topological polar surface area (TPSA) is 62.2 Å². The third-order valence-corrected chi connectivity index (χ3v) is 5.57. The molecule has 4 rings (SSSR count). The summed E-state index contributed by atoms with van der Waals surface area (Å²) in [5, 5.41) is 11.6. The Morgan fingerprint density at radius 1 is 1.00 bits per heavy atom. The molecular weight excluding hydrogens is 358 g/mol. The Morgan fingerprint density at radius 3 is 2.41 bits per heavy atom. The van der Waals surface area contributed by atoms with Crippen molar-refractivity contribution < 1.29 is 4.79 Å². The van der Waals surface area contributed by atoms with Crippen LogP contribution in [0.1, 0.15) is 21.1 Å². The predicted molar refractivity (Wildman–Crippen MR) is 107 cm³/mol. The molecule has 0 bridgehead atoms. The number of aryl methyl sites for hydroxylation is 2. The van der Waals surface area contributed by atoms with Crippen LogP contribution in [0.4, 0.5) is 5.82 Å². The van der Waals surface area contributed by atoms with Crippen LogP contribution in [0.5, 0.6) is 0 Å². The maximum Gasteiger partial charge on any atom is 0.273 e. The lowest BCUT2D eigenvalue weighted by Gasteiger charge is -2.34. The molecule has 0 spiro atoms. The fourth-order valence-electron chi connectivity index (χ4n) is 3.26. The second kappa shape index (κ2) is 7.44. The molecule has 3 aromatic rings. The average Bonchev–Trinajstić information content (AvgIpc) is 3.14. The lowest BCUT2D eigenvalue weighted by atomic mass is 10.1. The molecule has 0 atom stereocenters. The van der Waals surface area contributed by atoms with Crippen LogP contribution in [0, 0.1) is 13.8 Å². The van der Waals surface area contributed by atoms with Crippen LogP contribution >= 0.6 is 11.3 Å². The number of hydrogen-bond acceptors (Lipinski definition) is 6. The molecule has 1 saturated heterocycles. The van der Waals surface area contributed by atoms with Gasteiger partial charge < -0.3 is 9.80 Å². The number of rotatable bonds is 3. The first-order valence-electron chi connectivity index (χ1n) is 8.98. The number of hydrogen-bond donors (Lipinski definition) is 0. The zero-order valence-corrected chi connectivity index (χ0v) is 16.2. The molecule has 138 valence electrons. The van der Waals surface area contributed by atoms with E-state index in [-0.39, 0.29) is 5.91 Å². The monoisotopic (exact) mass is 379 g/mol. The first kappa shape index (κ1) is 17.6. The normalized spacial score (nSPS) is 14.4. The highest BCUT2D eigenvalue weighted by Gasteiger charge is 2.24. The summed E-state index contributed by atoms with van der Waals surface area (Å²) in [5.74, 6) is 0.865. The summed E-state index contributed by atoms with van der Waals surface area (Å²) in [6.07, 6.45) is 0. The second-order valence-corrected chi connectivity index (χ2v) is 7.68. The van der Waals surface area contributed by atoms with Gasteiger partial charge in [-0.2, -0.15) is 0 Å². The molecule has 0 N–H and O–H groups in total. The molecule has 2 aromatic heterocycles. The highest BCUT2D eigenvalue weighted by atomic mass is 32.1. The Morgan fingerprint density at radius 2 is 1.78 bits per heavy atom. The van der Waals surface area contributed by atoms with Crippen LogP contribution in [0.2, 0.25) is 0 Å². The van der Waals surface area contributed by atoms with E-state index >= 15 is 0 Å². The van der Waals surface area contributed by atoms with Gasteiger partial charge in [0.1, 0.15) is 5.69 Å². The number of aromatic nitrogens is 3. The highest BCUT2D eigenvalue weighted by Crippen LogP contribution is 2.22. The Balaban J connectivity index is 1.41. The van der Waals surface area contributed by atoms with E-state index in [0.717, 1.165) is 35.2 Å². The van der Waals surface area contributed by atoms with Crippen LogP contribution in [0.15, 0.2) is 41.8 Å². The van der Waals surface area contributed by atoms with Crippen molar-refractivity contribution >= 4 is 23.1 Å². The van der Waals surface area contributed by atoms with E-state index in [1.807, 2.05) is 41.5 Å². The quantitative estimate of drug-likeness (QED) is 0.699. The molecule has 0 saturated carbocycles. The van der Waals surface area contributed by atoms with Gasteiger partial charge in [-0.25, -0.2) is 4.98 Å². The SMILES string of the molecule is Cc1nc(C(=O)N2CCN(c3ccc(-c4ccccc4C)nn3)CC2)cs1. The Kier molecular flexibility index (Phi) is 4.85. The summed E-state index contributed by atoms with van der Waals surface area (Å²) >= 11 is 1.51. The van der Waals surface area contributed by atoms with Gasteiger partial charge in [-0.3, -0.25) is 4.79 Å². The van der Waals surface area contributed by atoms with E-state index in [1.165, 1.54) is 16.9 Å². The van der Waals surface area contributed by atoms with Crippen LogP contribution < -0.4 is 4.90 Å². The molecule has 27 heavy (non-hydrogen) atoms. The van der Waals surface area contributed by atoms with Crippen molar-refractivity contribution in [1.29, 1.82) is 0 Å². The summed E-state index contributed by atoms with van der Waals surface area (Å²) < 4.78 is 0. The summed E-state index contributed by atoms with van der Waals surface area (Å²) in [4.78, 5) is 20.8. The van der Waals surface area contributed by atoms with Gasteiger partial charge in [0.2, 0.25) is 0 Å². The molecule has 1 amide bonds. The molecule has 1 aliphatic rings. The fourth-order valence-corrected chi connectivity index (χ4v) is 3.85. The molecule has 0 radical (unpaired) electrons. The number of carbonyl (C=O) groups excluding carboxylic acids is 1. The number of nitrogens with zero attached hydrogens (tertiary/aromatic N) is 5. The van der Waals surface area contributed by atoms with Crippen LogP contribution in [0.3, 0.4) is 0 Å². The molecule has 0 unspecified atom stereocenters. The van der Waals surface area contributed by atoms with Gasteiger partial charge in [0, 0.05) is 37.1 Å². The van der Waals surface area contributed by atoms with Gasteiger partial charge in [0.05, 0.1) is 10.7 Å². The van der Waals surface area contributed by atoms with Gasteiger partial charge in [-0.05, 0) is 31.5 Å². The molecule has 3 heterocycles. The van der Waals surface area contributed by atoms with Crippen molar-refractivity contribution in [2.24, 2.45) is 0 Å². The number of anilines is 1. The Bertz CT molecular complexity index is 945. The van der Waals surface area contributed by atoms with Crippen molar-refractivity contribution in [1.82, 2.24) is 20.1 Å². The van der Waals surface area contributed by atoms with Gasteiger partial charge in [-0.1, -0.05) is 24.3 Å². The van der Waals surface area contributed by atoms with Crippen LogP contribution in [0.25, 0.3) is 11.3 Å². The van der Waals surface area contributed by atoms with Gasteiger partial charge in [0.15, 0.2) is 5.82 Å². The van der Waals surface area contributed by atoms with Gasteiger partial charge >= 0.3 is 0 Å². The number of piperazine rings is 1. The molecule has 1 fully saturated rings. The van der Waals surface area contributed by atoms with Gasteiger partial charge in [-0.15, -0.1) is 21.5 Å². The molecule has 1 aliphatic heterocycles.